The number of halogens is 1. The van der Waals surface area contributed by atoms with E-state index in [0.29, 0.717) is 17.6 Å². The van der Waals surface area contributed by atoms with Gasteiger partial charge in [0.15, 0.2) is 5.30 Å². The molecule has 0 aromatic heterocycles. The Morgan fingerprint density at radius 1 is 1.12 bits per heavy atom. The number of thiocarbonyl (C=S) groups is 1. The third-order valence-electron chi connectivity index (χ3n) is 0.952. The molecule has 0 saturated heterocycles. The molecule has 14 heteroatoms. The van der Waals surface area contributed by atoms with Crippen LogP contribution in [0.3, 0.4) is 0 Å². The minimum atomic E-state index is -0.882. The molecule has 9 nitrogen and oxygen atoms in total. The van der Waals surface area contributed by atoms with Gasteiger partial charge in [-0.05, 0) is 26.1 Å². The van der Waals surface area contributed by atoms with Crippen molar-refractivity contribution in [3.05, 3.63) is 4.91 Å². The Hall–Kier alpha value is 0.586. The van der Waals surface area contributed by atoms with Gasteiger partial charge >= 0.3 is 63.3 Å². The SMILES string of the molecule is CCOC(=O)[S-].CCOC(=S)SCC(=O)O.N=O.O=C(O)CBr.[K+]. The third kappa shape index (κ3) is 57.0. The summed E-state index contributed by atoms with van der Waals surface area (Å²) < 4.78 is 9.34. The summed E-state index contributed by atoms with van der Waals surface area (Å²) in [5, 5.41) is 15.3. The first-order valence-electron chi connectivity index (χ1n) is 5.54. The number of alkyl halides is 1. The monoisotopic (exact) mass is 493 g/mol. The summed E-state index contributed by atoms with van der Waals surface area (Å²) in [6.45, 7) is 4.38. The summed E-state index contributed by atoms with van der Waals surface area (Å²) in [4.78, 5) is 36.4. The van der Waals surface area contributed by atoms with Gasteiger partial charge in [-0.1, -0.05) is 33.3 Å². The molecule has 0 unspecified atom stereocenters. The number of carbonyl (C=O) groups excluding carboxylic acids is 1. The number of hydrogen-bond donors (Lipinski definition) is 3. The minimum absolute atomic E-state index is 0. The van der Waals surface area contributed by atoms with Gasteiger partial charge in [-0.2, -0.15) is 4.91 Å². The van der Waals surface area contributed by atoms with Crippen LogP contribution in [0.25, 0.3) is 0 Å². The third-order valence-corrected chi connectivity index (χ3v) is 2.77. The fourth-order valence-electron chi connectivity index (χ4n) is 0.398. The zero-order valence-electron chi connectivity index (χ0n) is 13.3. The average molecular weight is 494 g/mol. The molecule has 0 aliphatic carbocycles. The van der Waals surface area contributed by atoms with Crippen LogP contribution in [0.5, 0.6) is 0 Å². The van der Waals surface area contributed by atoms with Crippen LogP contribution in [0.15, 0.2) is 0 Å². The predicted molar refractivity (Wildman–Crippen MR) is 96.2 cm³/mol. The van der Waals surface area contributed by atoms with Gasteiger partial charge in [-0.15, -0.1) is 0 Å². The fourth-order valence-corrected chi connectivity index (χ4v) is 1.25. The van der Waals surface area contributed by atoms with Crippen molar-refractivity contribution >= 4 is 74.2 Å². The maximum absolute atomic E-state index is 9.97. The predicted octanol–water partition coefficient (Wildman–Crippen LogP) is -0.383. The molecule has 0 rings (SSSR count). The van der Waals surface area contributed by atoms with Gasteiger partial charge in [0.1, 0.15) is 5.33 Å². The molecule has 0 fully saturated rings. The van der Waals surface area contributed by atoms with Crippen LogP contribution in [-0.4, -0.2) is 56.1 Å². The fraction of sp³-hybridized carbons (Fsp3) is 0.600. The van der Waals surface area contributed by atoms with Crippen LogP contribution >= 0.6 is 39.9 Å². The molecule has 0 heterocycles. The summed E-state index contributed by atoms with van der Waals surface area (Å²) in [6.07, 6.45) is 0. The second kappa shape index (κ2) is 31.4. The van der Waals surface area contributed by atoms with Crippen LogP contribution in [0, 0.1) is 10.5 Å². The second-order valence-corrected chi connectivity index (χ2v) is 5.05. The molecule has 3 N–H and O–H groups in total. The summed E-state index contributed by atoms with van der Waals surface area (Å²) in [5.41, 5.74) is 4.50. The van der Waals surface area contributed by atoms with E-state index in [9.17, 15) is 14.4 Å². The van der Waals surface area contributed by atoms with Crippen molar-refractivity contribution in [1.82, 2.24) is 0 Å². The molecule has 0 aromatic rings. The van der Waals surface area contributed by atoms with Gasteiger partial charge in [-0.25, -0.2) is 0 Å². The maximum Gasteiger partial charge on any atom is 1.00 e. The molecule has 0 aliphatic heterocycles. The molecular formula is C10H17BrKNO8S3. The Morgan fingerprint density at radius 2 is 1.50 bits per heavy atom. The zero-order valence-corrected chi connectivity index (χ0v) is 20.4. The van der Waals surface area contributed by atoms with Gasteiger partial charge in [0.2, 0.25) is 4.38 Å². The Balaban J connectivity index is -0.0000000745. The summed E-state index contributed by atoms with van der Waals surface area (Å²) in [5.74, 6) is -1.74. The number of nitroso groups, excluding NO2 is 1. The van der Waals surface area contributed by atoms with Crippen molar-refractivity contribution in [2.45, 2.75) is 13.8 Å². The van der Waals surface area contributed by atoms with E-state index >= 15 is 0 Å². The Morgan fingerprint density at radius 3 is 1.67 bits per heavy atom. The molecule has 0 amide bonds. The Labute approximate surface area is 205 Å². The number of nitrogens with one attached hydrogen (secondary N) is 1. The van der Waals surface area contributed by atoms with E-state index in [1.165, 1.54) is 0 Å². The van der Waals surface area contributed by atoms with Crippen molar-refractivity contribution in [2.75, 3.05) is 24.3 Å². The van der Waals surface area contributed by atoms with Crippen molar-refractivity contribution < 1.29 is 85.5 Å². The number of carbonyl (C=O) groups is 3. The van der Waals surface area contributed by atoms with Crippen LogP contribution in [0.1, 0.15) is 13.8 Å². The molecular weight excluding hydrogens is 477 g/mol. The first kappa shape index (κ1) is 35.7. The largest absolute Gasteiger partial charge is 1.00 e. The van der Waals surface area contributed by atoms with Crippen LogP contribution < -0.4 is 51.4 Å². The van der Waals surface area contributed by atoms with E-state index in [1.54, 1.807) is 13.8 Å². The van der Waals surface area contributed by atoms with Crippen molar-refractivity contribution in [2.24, 2.45) is 0 Å². The van der Waals surface area contributed by atoms with Crippen molar-refractivity contribution in [3.63, 3.8) is 0 Å². The van der Waals surface area contributed by atoms with Crippen molar-refractivity contribution in [3.8, 4) is 0 Å². The van der Waals surface area contributed by atoms with Crippen LogP contribution in [0.2, 0.25) is 0 Å². The Bertz CT molecular complexity index is 352. The van der Waals surface area contributed by atoms with Gasteiger partial charge in [0.25, 0.3) is 0 Å². The smallest absolute Gasteiger partial charge is 0.698 e. The number of ether oxygens (including phenoxy) is 2. The molecule has 24 heavy (non-hydrogen) atoms. The van der Waals surface area contributed by atoms with E-state index in [-0.39, 0.29) is 62.5 Å². The molecule has 0 radical (unpaired) electrons. The normalized spacial score (nSPS) is 7.29. The molecule has 0 aliphatic rings. The van der Waals surface area contributed by atoms with E-state index in [1.807, 2.05) is 0 Å². The molecule has 0 aromatic carbocycles. The van der Waals surface area contributed by atoms with E-state index in [2.05, 4.69) is 51.1 Å². The molecule has 136 valence electrons. The van der Waals surface area contributed by atoms with Gasteiger partial charge in [0.05, 0.1) is 19.0 Å². The van der Waals surface area contributed by atoms with Gasteiger partial charge < -0.3 is 32.3 Å². The number of hydrogen-bond acceptors (Lipinski definition) is 10. The zero-order chi connectivity index (χ0) is 19.3. The number of carboxylic acids is 2. The van der Waals surface area contributed by atoms with Gasteiger partial charge in [0, 0.05) is 0 Å². The summed E-state index contributed by atoms with van der Waals surface area (Å²) in [7, 11) is 0. The number of carboxylic acid groups (broad SMARTS) is 2. The summed E-state index contributed by atoms with van der Waals surface area (Å²) >= 11 is 12.4. The van der Waals surface area contributed by atoms with Crippen molar-refractivity contribution in [1.29, 1.82) is 5.59 Å². The molecule has 0 bridgehead atoms. The van der Waals surface area contributed by atoms with Crippen LogP contribution in [0.4, 0.5) is 4.79 Å². The molecule has 0 atom stereocenters. The second-order valence-electron chi connectivity index (χ2n) is 2.58. The molecule has 0 saturated carbocycles. The van der Waals surface area contributed by atoms with E-state index in [4.69, 9.17) is 19.9 Å². The van der Waals surface area contributed by atoms with E-state index < -0.39 is 17.2 Å². The average Bonchev–Trinajstić information content (AvgIpc) is 2.48. The first-order chi connectivity index (χ1) is 10.7. The molecule has 0 spiro atoms. The maximum atomic E-state index is 9.97. The van der Waals surface area contributed by atoms with Crippen LogP contribution in [-0.2, 0) is 31.7 Å². The first-order valence-corrected chi connectivity index (χ1v) is 8.46. The van der Waals surface area contributed by atoms with Gasteiger partial charge in [-0.3, -0.25) is 14.4 Å². The topological polar surface area (TPSA) is 151 Å². The minimum Gasteiger partial charge on any atom is -0.698 e. The summed E-state index contributed by atoms with van der Waals surface area (Å²) in [6, 6.07) is 0. The van der Waals surface area contributed by atoms with E-state index in [0.717, 1.165) is 11.8 Å². The Kier molecular flexibility index (Phi) is 46.6. The standard InChI is InChI=1S/C5H8O3S2.C3H6O2S.C2H3BrO2.K.HNO/c1-2-8-5(9)10-3-4(6)7;1-2-5-3(4)6;3-1-2(4)5;;1-2/h2-3H2,1H3,(H,6,7);2H2,1H3,(H,4,6);1H2,(H,4,5);;1H/q;;;+1;/p-1. The quantitative estimate of drug-likeness (QED) is 0.115. The number of thioether (sulfide) groups is 1. The number of aliphatic carboxylic acids is 2. The number of rotatable bonds is 5.